The van der Waals surface area contributed by atoms with Gasteiger partial charge in [-0.2, -0.15) is 4.99 Å². The molecule has 1 heterocycles. The molecule has 0 amide bonds. The van der Waals surface area contributed by atoms with Gasteiger partial charge in [-0.3, -0.25) is 4.98 Å². The summed E-state index contributed by atoms with van der Waals surface area (Å²) >= 11 is 1.96. The number of phenolic OH excluding ortho intramolecular Hbond substituents is 1. The molecule has 4 nitrogen and oxygen atoms in total. The Labute approximate surface area is 98.8 Å². The number of carbonyl (C=O) groups excluding carboxylic acids is 1. The quantitative estimate of drug-likeness (QED) is 0.500. The van der Waals surface area contributed by atoms with Crippen LogP contribution in [0.1, 0.15) is 0 Å². The number of fused-ring (bicyclic) bond motifs is 1. The highest BCUT2D eigenvalue weighted by molar-refractivity contribution is 14.1. The van der Waals surface area contributed by atoms with Gasteiger partial charge in [0, 0.05) is 11.6 Å². The zero-order valence-corrected chi connectivity index (χ0v) is 9.59. The van der Waals surface area contributed by atoms with Crippen LogP contribution in [0.15, 0.2) is 29.4 Å². The lowest BCUT2D eigenvalue weighted by Crippen LogP contribution is -1.83. The van der Waals surface area contributed by atoms with Crippen LogP contribution in [0.3, 0.4) is 0 Å². The van der Waals surface area contributed by atoms with Gasteiger partial charge < -0.3 is 5.11 Å². The van der Waals surface area contributed by atoms with E-state index in [0.29, 0.717) is 20.2 Å². The number of phenols is 1. The van der Waals surface area contributed by atoms with Gasteiger partial charge in [0.25, 0.3) is 0 Å². The molecule has 0 saturated carbocycles. The summed E-state index contributed by atoms with van der Waals surface area (Å²) in [7, 11) is 0. The molecule has 1 N–H and O–H groups in total. The fourth-order valence-electron chi connectivity index (χ4n) is 1.32. The van der Waals surface area contributed by atoms with E-state index in [1.165, 1.54) is 6.08 Å². The number of aromatic nitrogens is 1. The summed E-state index contributed by atoms with van der Waals surface area (Å²) in [6.07, 6.45) is 3.06. The number of nitrogens with zero attached hydrogens (tertiary/aromatic N) is 2. The zero-order valence-electron chi connectivity index (χ0n) is 7.44. The third kappa shape index (κ3) is 1.71. The molecule has 1 aromatic carbocycles. The van der Waals surface area contributed by atoms with Gasteiger partial charge in [0.05, 0.1) is 9.26 Å². The van der Waals surface area contributed by atoms with Crippen LogP contribution in [-0.4, -0.2) is 16.2 Å². The summed E-state index contributed by atoms with van der Waals surface area (Å²) in [6.45, 7) is 0. The van der Waals surface area contributed by atoms with Crippen LogP contribution in [0.5, 0.6) is 5.75 Å². The Morgan fingerprint density at radius 2 is 2.33 bits per heavy atom. The van der Waals surface area contributed by atoms with E-state index < -0.39 is 0 Å². The van der Waals surface area contributed by atoms with Gasteiger partial charge in [-0.05, 0) is 40.8 Å². The van der Waals surface area contributed by atoms with Gasteiger partial charge in [0.1, 0.15) is 5.52 Å². The maximum atomic E-state index is 10.2. The van der Waals surface area contributed by atoms with Crippen molar-refractivity contribution in [1.29, 1.82) is 0 Å². The number of hydrogen-bond acceptors (Lipinski definition) is 4. The predicted molar refractivity (Wildman–Crippen MR) is 63.9 cm³/mol. The SMILES string of the molecule is O=C=Nc1cc(I)c(O)c2ncccc12. The summed E-state index contributed by atoms with van der Waals surface area (Å²) in [5.41, 5.74) is 0.911. The summed E-state index contributed by atoms with van der Waals surface area (Å²) in [4.78, 5) is 17.9. The third-order valence-corrected chi connectivity index (χ3v) is 2.79. The lowest BCUT2D eigenvalue weighted by Gasteiger charge is -2.04. The molecule has 15 heavy (non-hydrogen) atoms. The minimum Gasteiger partial charge on any atom is -0.505 e. The summed E-state index contributed by atoms with van der Waals surface area (Å²) in [5, 5.41) is 10.4. The Hall–Kier alpha value is -1.46. The molecule has 0 bridgehead atoms. The summed E-state index contributed by atoms with van der Waals surface area (Å²) < 4.78 is 0.604. The highest BCUT2D eigenvalue weighted by Crippen LogP contribution is 2.34. The van der Waals surface area contributed by atoms with Crippen molar-refractivity contribution in [1.82, 2.24) is 4.98 Å². The second-order valence-corrected chi connectivity index (χ2v) is 3.99. The van der Waals surface area contributed by atoms with Gasteiger partial charge in [-0.1, -0.05) is 0 Å². The van der Waals surface area contributed by atoms with Gasteiger partial charge in [0.2, 0.25) is 6.08 Å². The Kier molecular flexibility index (Phi) is 2.66. The molecule has 0 aliphatic rings. The largest absolute Gasteiger partial charge is 0.505 e. The second-order valence-electron chi connectivity index (χ2n) is 2.83. The van der Waals surface area contributed by atoms with Crippen LogP contribution >= 0.6 is 22.6 Å². The number of isocyanates is 1. The normalized spacial score (nSPS) is 9.93. The van der Waals surface area contributed by atoms with Crippen LogP contribution in [0, 0.1) is 3.57 Å². The molecule has 0 spiro atoms. The molecule has 0 saturated heterocycles. The first-order valence-corrected chi connectivity index (χ1v) is 5.16. The van der Waals surface area contributed by atoms with Crippen molar-refractivity contribution in [3.63, 3.8) is 0 Å². The Bertz CT molecular complexity index is 577. The highest BCUT2D eigenvalue weighted by atomic mass is 127. The summed E-state index contributed by atoms with van der Waals surface area (Å²) in [5.74, 6) is 0.107. The summed E-state index contributed by atoms with van der Waals surface area (Å²) in [6, 6.07) is 5.08. The van der Waals surface area contributed by atoms with Crippen molar-refractivity contribution in [3.8, 4) is 5.75 Å². The molecule has 1 aromatic heterocycles. The first-order chi connectivity index (χ1) is 7.24. The lowest BCUT2D eigenvalue weighted by molar-refractivity contribution is 0.476. The molecule has 5 heteroatoms. The maximum absolute atomic E-state index is 10.2. The first-order valence-electron chi connectivity index (χ1n) is 4.08. The first kappa shape index (κ1) is 10.1. The minimum absolute atomic E-state index is 0.107. The molecule has 0 fully saturated rings. The molecular weight excluding hydrogens is 307 g/mol. The average molecular weight is 312 g/mol. The molecule has 74 valence electrons. The second kappa shape index (κ2) is 3.96. The van der Waals surface area contributed by atoms with Crippen LogP contribution < -0.4 is 0 Å². The fourth-order valence-corrected chi connectivity index (χ4v) is 1.87. The van der Waals surface area contributed by atoms with E-state index in [0.717, 1.165) is 0 Å². The number of benzene rings is 1. The highest BCUT2D eigenvalue weighted by Gasteiger charge is 2.09. The van der Waals surface area contributed by atoms with Crippen molar-refractivity contribution in [2.75, 3.05) is 0 Å². The van der Waals surface area contributed by atoms with Crippen LogP contribution in [0.4, 0.5) is 5.69 Å². The molecule has 2 aromatic rings. The van der Waals surface area contributed by atoms with Crippen molar-refractivity contribution in [2.45, 2.75) is 0 Å². The van der Waals surface area contributed by atoms with Gasteiger partial charge in [0.15, 0.2) is 5.75 Å². The Morgan fingerprint density at radius 3 is 3.07 bits per heavy atom. The molecule has 0 aliphatic heterocycles. The number of aliphatic imine (C=N–C) groups is 1. The van der Waals surface area contributed by atoms with E-state index in [1.54, 1.807) is 24.4 Å². The molecule has 0 unspecified atom stereocenters. The van der Waals surface area contributed by atoms with E-state index in [2.05, 4.69) is 9.98 Å². The van der Waals surface area contributed by atoms with Crippen molar-refractivity contribution >= 4 is 45.3 Å². The standard InChI is InChI=1S/C10H5IN2O2/c11-7-4-8(13-5-14)6-2-1-3-12-9(6)10(7)15/h1-4,15H. The topological polar surface area (TPSA) is 62.5 Å². The lowest BCUT2D eigenvalue weighted by atomic mass is 10.1. The molecule has 2 rings (SSSR count). The number of aromatic hydroxyl groups is 1. The smallest absolute Gasteiger partial charge is 0.240 e. The van der Waals surface area contributed by atoms with Gasteiger partial charge >= 0.3 is 0 Å². The number of halogens is 1. The average Bonchev–Trinajstić information content (AvgIpc) is 2.26. The molecular formula is C10H5IN2O2. The van der Waals surface area contributed by atoms with Crippen LogP contribution in [-0.2, 0) is 4.79 Å². The predicted octanol–water partition coefficient (Wildman–Crippen LogP) is 2.51. The zero-order chi connectivity index (χ0) is 10.8. The van der Waals surface area contributed by atoms with E-state index in [4.69, 9.17) is 0 Å². The van der Waals surface area contributed by atoms with Crippen molar-refractivity contribution in [2.24, 2.45) is 4.99 Å². The van der Waals surface area contributed by atoms with E-state index >= 15 is 0 Å². The van der Waals surface area contributed by atoms with Gasteiger partial charge in [-0.15, -0.1) is 0 Å². The molecule has 0 radical (unpaired) electrons. The number of rotatable bonds is 1. The van der Waals surface area contributed by atoms with Crippen LogP contribution in [0.2, 0.25) is 0 Å². The fraction of sp³-hybridized carbons (Fsp3) is 0. The Balaban J connectivity index is 2.94. The van der Waals surface area contributed by atoms with Crippen molar-refractivity contribution in [3.05, 3.63) is 28.0 Å². The maximum Gasteiger partial charge on any atom is 0.240 e. The van der Waals surface area contributed by atoms with E-state index in [1.807, 2.05) is 22.6 Å². The molecule has 0 atom stereocenters. The number of pyridine rings is 1. The van der Waals surface area contributed by atoms with Crippen molar-refractivity contribution < 1.29 is 9.90 Å². The minimum atomic E-state index is 0.107. The molecule has 0 aliphatic carbocycles. The van der Waals surface area contributed by atoms with E-state index in [9.17, 15) is 9.90 Å². The monoisotopic (exact) mass is 312 g/mol. The number of hydrogen-bond donors (Lipinski definition) is 1. The van der Waals surface area contributed by atoms with Gasteiger partial charge in [-0.25, -0.2) is 4.79 Å². The van der Waals surface area contributed by atoms with Crippen LogP contribution in [0.25, 0.3) is 10.9 Å². The van der Waals surface area contributed by atoms with E-state index in [-0.39, 0.29) is 5.75 Å². The Morgan fingerprint density at radius 1 is 1.53 bits per heavy atom. The third-order valence-electron chi connectivity index (χ3n) is 1.96.